The van der Waals surface area contributed by atoms with Gasteiger partial charge < -0.3 is 10.2 Å². The van der Waals surface area contributed by atoms with Gasteiger partial charge in [0.25, 0.3) is 0 Å². The van der Waals surface area contributed by atoms with Crippen LogP contribution in [-0.2, 0) is 0 Å². The number of carbonyl (C=O) groups excluding carboxylic acids is 1. The second-order valence-electron chi connectivity index (χ2n) is 4.89. The topological polar surface area (TPSA) is 32.3 Å². The monoisotopic (exact) mass is 222 g/mol. The van der Waals surface area contributed by atoms with Gasteiger partial charge in [-0.2, -0.15) is 0 Å². The fraction of sp³-hybridized carbons (Fsp3) is 0.417. The van der Waals surface area contributed by atoms with Gasteiger partial charge in [0.2, 0.25) is 0 Å². The minimum absolute atomic E-state index is 0.112. The standard InChI is InChI=1S/C12H19N3O/c1-14(2)12(16)13-10-7-6-8-11(9-10)15(3,4)5/h6-9H,1-5H3/p+1. The molecule has 0 fully saturated rings. The highest BCUT2D eigenvalue weighted by Crippen LogP contribution is 2.21. The maximum Gasteiger partial charge on any atom is 0.321 e. The van der Waals surface area contributed by atoms with Gasteiger partial charge in [-0.1, -0.05) is 6.07 Å². The number of amides is 2. The summed E-state index contributed by atoms with van der Waals surface area (Å²) in [4.78, 5) is 13.0. The number of hydrogen-bond acceptors (Lipinski definition) is 1. The number of anilines is 1. The molecular weight excluding hydrogens is 202 g/mol. The summed E-state index contributed by atoms with van der Waals surface area (Å²) in [5, 5.41) is 2.83. The Morgan fingerprint density at radius 2 is 1.88 bits per heavy atom. The molecule has 0 saturated carbocycles. The van der Waals surface area contributed by atoms with E-state index < -0.39 is 0 Å². The third kappa shape index (κ3) is 3.24. The first-order valence-electron chi connectivity index (χ1n) is 5.21. The molecule has 88 valence electrons. The minimum Gasteiger partial charge on any atom is -0.331 e. The molecule has 1 N–H and O–H groups in total. The third-order valence-corrected chi connectivity index (χ3v) is 2.28. The van der Waals surface area contributed by atoms with Crippen LogP contribution in [-0.4, -0.2) is 46.2 Å². The molecule has 0 heterocycles. The molecule has 0 aromatic heterocycles. The molecule has 1 rings (SSSR count). The lowest BCUT2D eigenvalue weighted by Gasteiger charge is -2.24. The van der Waals surface area contributed by atoms with E-state index >= 15 is 0 Å². The van der Waals surface area contributed by atoms with Crippen LogP contribution >= 0.6 is 0 Å². The molecule has 0 aliphatic carbocycles. The van der Waals surface area contributed by atoms with Crippen molar-refractivity contribution in [1.82, 2.24) is 9.38 Å². The van der Waals surface area contributed by atoms with Crippen molar-refractivity contribution in [3.05, 3.63) is 24.3 Å². The van der Waals surface area contributed by atoms with Gasteiger partial charge in [0.15, 0.2) is 0 Å². The van der Waals surface area contributed by atoms with Crippen LogP contribution in [0.5, 0.6) is 0 Å². The molecule has 16 heavy (non-hydrogen) atoms. The molecule has 4 heteroatoms. The van der Waals surface area contributed by atoms with Crippen LogP contribution in [0.25, 0.3) is 0 Å². The van der Waals surface area contributed by atoms with Gasteiger partial charge in [-0.3, -0.25) is 4.48 Å². The number of urea groups is 1. The fourth-order valence-electron chi connectivity index (χ4n) is 1.24. The van der Waals surface area contributed by atoms with E-state index in [4.69, 9.17) is 0 Å². The Hall–Kier alpha value is -1.55. The summed E-state index contributed by atoms with van der Waals surface area (Å²) < 4.78 is 0.728. The molecule has 0 radical (unpaired) electrons. The van der Waals surface area contributed by atoms with Crippen molar-refractivity contribution in [3.8, 4) is 0 Å². The summed E-state index contributed by atoms with van der Waals surface area (Å²) >= 11 is 0. The lowest BCUT2D eigenvalue weighted by atomic mass is 10.2. The molecular formula is C12H20N3O+. The fourth-order valence-corrected chi connectivity index (χ4v) is 1.24. The lowest BCUT2D eigenvalue weighted by molar-refractivity contribution is 0.230. The molecule has 1 aromatic carbocycles. The molecule has 0 aliphatic heterocycles. The van der Waals surface area contributed by atoms with Gasteiger partial charge in [0, 0.05) is 25.8 Å². The summed E-state index contributed by atoms with van der Waals surface area (Å²) in [6.45, 7) is 0. The van der Waals surface area contributed by atoms with Gasteiger partial charge in [0.1, 0.15) is 5.69 Å². The van der Waals surface area contributed by atoms with Crippen LogP contribution in [0.4, 0.5) is 16.2 Å². The molecule has 0 bridgehead atoms. The molecule has 0 unspecified atom stereocenters. The second-order valence-corrected chi connectivity index (χ2v) is 4.89. The Morgan fingerprint density at radius 1 is 1.25 bits per heavy atom. The van der Waals surface area contributed by atoms with Gasteiger partial charge in [-0.25, -0.2) is 4.79 Å². The Morgan fingerprint density at radius 3 is 2.38 bits per heavy atom. The maximum absolute atomic E-state index is 11.5. The number of quaternary nitrogens is 1. The number of benzene rings is 1. The largest absolute Gasteiger partial charge is 0.331 e. The highest BCUT2D eigenvalue weighted by molar-refractivity contribution is 5.89. The Bertz CT molecular complexity index is 380. The Balaban J connectivity index is 2.88. The predicted molar refractivity (Wildman–Crippen MR) is 68.7 cm³/mol. The van der Waals surface area contributed by atoms with Crippen molar-refractivity contribution in [2.75, 3.05) is 40.6 Å². The van der Waals surface area contributed by atoms with E-state index in [1.807, 2.05) is 24.3 Å². The number of nitrogens with one attached hydrogen (secondary N) is 1. The normalized spacial score (nSPS) is 11.1. The van der Waals surface area contributed by atoms with Crippen molar-refractivity contribution in [3.63, 3.8) is 0 Å². The number of hydrogen-bond donors (Lipinski definition) is 1. The molecule has 0 atom stereocenters. The second kappa shape index (κ2) is 4.53. The van der Waals surface area contributed by atoms with Gasteiger partial charge in [0.05, 0.1) is 21.1 Å². The zero-order valence-electron chi connectivity index (χ0n) is 10.6. The number of carbonyl (C=O) groups is 1. The van der Waals surface area contributed by atoms with E-state index in [0.717, 1.165) is 15.9 Å². The lowest BCUT2D eigenvalue weighted by Crippen LogP contribution is -2.34. The SMILES string of the molecule is CN(C)C(=O)Nc1cccc([N+](C)(C)C)c1. The van der Waals surface area contributed by atoms with Crippen molar-refractivity contribution >= 4 is 17.4 Å². The summed E-state index contributed by atoms with van der Waals surface area (Å²) in [7, 11) is 9.71. The summed E-state index contributed by atoms with van der Waals surface area (Å²) in [6.07, 6.45) is 0. The number of nitrogens with zero attached hydrogens (tertiary/aromatic N) is 2. The van der Waals surface area contributed by atoms with Crippen LogP contribution in [0.2, 0.25) is 0 Å². The maximum atomic E-state index is 11.5. The van der Waals surface area contributed by atoms with E-state index in [1.165, 1.54) is 4.90 Å². The highest BCUT2D eigenvalue weighted by Gasteiger charge is 2.13. The third-order valence-electron chi connectivity index (χ3n) is 2.28. The first-order chi connectivity index (χ1) is 7.30. The summed E-state index contributed by atoms with van der Waals surface area (Å²) in [6, 6.07) is 7.76. The predicted octanol–water partition coefficient (Wildman–Crippen LogP) is 1.98. The summed E-state index contributed by atoms with van der Waals surface area (Å²) in [5.41, 5.74) is 1.97. The number of rotatable bonds is 2. The quantitative estimate of drug-likeness (QED) is 0.762. The minimum atomic E-state index is -0.112. The molecule has 1 aromatic rings. The molecule has 0 saturated heterocycles. The van der Waals surface area contributed by atoms with Crippen LogP contribution in [0, 0.1) is 0 Å². The van der Waals surface area contributed by atoms with Crippen LogP contribution in [0.15, 0.2) is 24.3 Å². The Kier molecular flexibility index (Phi) is 3.55. The van der Waals surface area contributed by atoms with E-state index in [2.05, 4.69) is 26.5 Å². The smallest absolute Gasteiger partial charge is 0.321 e. The van der Waals surface area contributed by atoms with Crippen molar-refractivity contribution < 1.29 is 4.79 Å². The van der Waals surface area contributed by atoms with E-state index in [1.54, 1.807) is 14.1 Å². The molecule has 0 spiro atoms. The van der Waals surface area contributed by atoms with Gasteiger partial charge >= 0.3 is 6.03 Å². The van der Waals surface area contributed by atoms with E-state index in [9.17, 15) is 4.79 Å². The van der Waals surface area contributed by atoms with Gasteiger partial charge in [-0.15, -0.1) is 0 Å². The van der Waals surface area contributed by atoms with Crippen molar-refractivity contribution in [2.24, 2.45) is 0 Å². The van der Waals surface area contributed by atoms with E-state index in [0.29, 0.717) is 0 Å². The average Bonchev–Trinajstić information content (AvgIpc) is 2.16. The molecule has 4 nitrogen and oxygen atoms in total. The van der Waals surface area contributed by atoms with Crippen molar-refractivity contribution in [1.29, 1.82) is 0 Å². The molecule has 2 amide bonds. The van der Waals surface area contributed by atoms with Crippen LogP contribution in [0.1, 0.15) is 0 Å². The highest BCUT2D eigenvalue weighted by atomic mass is 16.2. The van der Waals surface area contributed by atoms with Gasteiger partial charge in [-0.05, 0) is 12.1 Å². The zero-order chi connectivity index (χ0) is 12.3. The van der Waals surface area contributed by atoms with Crippen LogP contribution < -0.4 is 9.80 Å². The van der Waals surface area contributed by atoms with Crippen molar-refractivity contribution in [2.45, 2.75) is 0 Å². The Labute approximate surface area is 97.1 Å². The summed E-state index contributed by atoms with van der Waals surface area (Å²) in [5.74, 6) is 0. The van der Waals surface area contributed by atoms with Crippen LogP contribution in [0.3, 0.4) is 0 Å². The van der Waals surface area contributed by atoms with E-state index in [-0.39, 0.29) is 6.03 Å². The molecule has 0 aliphatic rings. The first-order valence-corrected chi connectivity index (χ1v) is 5.21. The average molecular weight is 222 g/mol. The first kappa shape index (κ1) is 12.5. The zero-order valence-corrected chi connectivity index (χ0v) is 10.6.